The van der Waals surface area contributed by atoms with E-state index in [1.807, 2.05) is 11.0 Å². The van der Waals surface area contributed by atoms with E-state index in [4.69, 9.17) is 4.99 Å². The van der Waals surface area contributed by atoms with Crippen molar-refractivity contribution < 1.29 is 4.79 Å². The number of hydrogen-bond donors (Lipinski definition) is 0. The van der Waals surface area contributed by atoms with Crippen LogP contribution in [0.3, 0.4) is 0 Å². The Morgan fingerprint density at radius 1 is 1.26 bits per heavy atom. The second-order valence-electron chi connectivity index (χ2n) is 7.74. The van der Waals surface area contributed by atoms with Gasteiger partial charge in [0.2, 0.25) is 5.91 Å². The summed E-state index contributed by atoms with van der Waals surface area (Å²) >= 11 is 1.79. The number of carbonyl (C=O) groups excluding carboxylic acids is 1. The van der Waals surface area contributed by atoms with Gasteiger partial charge in [0.1, 0.15) is 6.17 Å². The molecule has 1 amide bonds. The molecule has 0 aromatic heterocycles. The molecule has 150 valence electrons. The lowest BCUT2D eigenvalue weighted by molar-refractivity contribution is -0.117. The Kier molecular flexibility index (Phi) is 8.04. The molecular weight excluding hydrogens is 378 g/mol. The van der Waals surface area contributed by atoms with Crippen LogP contribution in [0.4, 0.5) is 5.69 Å². The Labute approximate surface area is 174 Å². The summed E-state index contributed by atoms with van der Waals surface area (Å²) in [7, 11) is 2.08. The zero-order chi connectivity index (χ0) is 18.7. The van der Waals surface area contributed by atoms with Crippen molar-refractivity contribution >= 4 is 40.9 Å². The predicted octanol–water partition coefficient (Wildman–Crippen LogP) is 5.28. The summed E-state index contributed by atoms with van der Waals surface area (Å²) < 4.78 is 0. The zero-order valence-corrected chi connectivity index (χ0v) is 18.5. The first-order valence-electron chi connectivity index (χ1n) is 9.80. The van der Waals surface area contributed by atoms with Gasteiger partial charge in [0.05, 0.1) is 6.04 Å². The molecule has 2 fully saturated rings. The maximum absolute atomic E-state index is 12.5. The topological polar surface area (TPSA) is 35.9 Å². The molecule has 1 aromatic carbocycles. The minimum Gasteiger partial charge on any atom is -0.333 e. The van der Waals surface area contributed by atoms with Gasteiger partial charge in [0, 0.05) is 25.4 Å². The Morgan fingerprint density at radius 3 is 2.59 bits per heavy atom. The van der Waals surface area contributed by atoms with E-state index in [1.54, 1.807) is 18.7 Å². The first kappa shape index (κ1) is 22.1. The third-order valence-electron chi connectivity index (χ3n) is 5.43. The van der Waals surface area contributed by atoms with Gasteiger partial charge in [-0.15, -0.1) is 12.4 Å². The first-order chi connectivity index (χ1) is 12.5. The number of aliphatic imine (C=N–C) groups is 1. The fraction of sp³-hybridized carbons (Fsp3) is 0.619. The van der Waals surface area contributed by atoms with Crippen molar-refractivity contribution in [1.29, 1.82) is 0 Å². The van der Waals surface area contributed by atoms with Gasteiger partial charge in [0.15, 0.2) is 5.17 Å². The molecule has 0 radical (unpaired) electrons. The van der Waals surface area contributed by atoms with Crippen molar-refractivity contribution in [2.24, 2.45) is 4.99 Å². The molecule has 0 bridgehead atoms. The van der Waals surface area contributed by atoms with Crippen molar-refractivity contribution in [2.75, 3.05) is 17.7 Å². The number of hydrogen-bond acceptors (Lipinski definition) is 3. The van der Waals surface area contributed by atoms with Crippen LogP contribution >= 0.6 is 24.2 Å². The summed E-state index contributed by atoms with van der Waals surface area (Å²) in [5.74, 6) is 1.40. The number of anilines is 1. The minimum atomic E-state index is 0. The molecule has 3 rings (SSSR count). The third-order valence-corrected chi connectivity index (χ3v) is 6.55. The van der Waals surface area contributed by atoms with Crippen LogP contribution in [0.25, 0.3) is 0 Å². The number of amides is 1. The van der Waals surface area contributed by atoms with Gasteiger partial charge in [-0.25, -0.2) is 0 Å². The van der Waals surface area contributed by atoms with Crippen molar-refractivity contribution in [3.05, 3.63) is 29.8 Å². The summed E-state index contributed by atoms with van der Waals surface area (Å²) in [6.07, 6.45) is 6.37. The molecule has 1 atom stereocenters. The fourth-order valence-corrected chi connectivity index (χ4v) is 5.05. The smallest absolute Gasteiger partial charge is 0.225 e. The number of nitrogens with zero attached hydrogens (tertiary/aromatic N) is 3. The van der Waals surface area contributed by atoms with Gasteiger partial charge in [-0.05, 0) is 36.5 Å². The zero-order valence-electron chi connectivity index (χ0n) is 16.9. The highest BCUT2D eigenvalue weighted by atomic mass is 35.5. The van der Waals surface area contributed by atoms with Crippen molar-refractivity contribution in [1.82, 2.24) is 4.90 Å². The van der Waals surface area contributed by atoms with E-state index in [-0.39, 0.29) is 24.5 Å². The van der Waals surface area contributed by atoms with E-state index in [1.165, 1.54) is 37.7 Å². The summed E-state index contributed by atoms with van der Waals surface area (Å²) in [5.41, 5.74) is 2.25. The average molecular weight is 410 g/mol. The number of thioether (sulfide) groups is 1. The van der Waals surface area contributed by atoms with Crippen LogP contribution in [0.15, 0.2) is 29.3 Å². The lowest BCUT2D eigenvalue weighted by Gasteiger charge is -2.33. The van der Waals surface area contributed by atoms with Crippen LogP contribution in [0.5, 0.6) is 0 Å². The van der Waals surface area contributed by atoms with Crippen molar-refractivity contribution in [3.8, 4) is 0 Å². The van der Waals surface area contributed by atoms with Gasteiger partial charge < -0.3 is 4.90 Å². The lowest BCUT2D eigenvalue weighted by atomic mass is 9.96. The molecule has 1 unspecified atom stereocenters. The Hall–Kier alpha value is -1.20. The molecule has 1 saturated carbocycles. The predicted molar refractivity (Wildman–Crippen MR) is 119 cm³/mol. The Balaban J connectivity index is 0.00000261. The third kappa shape index (κ3) is 5.20. The van der Waals surface area contributed by atoms with Gasteiger partial charge in [-0.1, -0.05) is 57.0 Å². The highest BCUT2D eigenvalue weighted by Crippen LogP contribution is 2.32. The quantitative estimate of drug-likeness (QED) is 0.678. The molecule has 6 heteroatoms. The summed E-state index contributed by atoms with van der Waals surface area (Å²) in [4.78, 5) is 21.6. The highest BCUT2D eigenvalue weighted by molar-refractivity contribution is 8.14. The van der Waals surface area contributed by atoms with E-state index in [0.717, 1.165) is 16.6 Å². The first-order valence-corrected chi connectivity index (χ1v) is 10.8. The van der Waals surface area contributed by atoms with E-state index in [0.29, 0.717) is 12.0 Å². The maximum atomic E-state index is 12.5. The van der Waals surface area contributed by atoms with Gasteiger partial charge in [0.25, 0.3) is 0 Å². The second-order valence-corrected chi connectivity index (χ2v) is 8.73. The molecule has 0 N–H and O–H groups in total. The van der Waals surface area contributed by atoms with E-state index >= 15 is 0 Å². The van der Waals surface area contributed by atoms with Crippen molar-refractivity contribution in [3.63, 3.8) is 0 Å². The molecule has 1 aromatic rings. The normalized spacial score (nSPS) is 22.2. The fourth-order valence-electron chi connectivity index (χ4n) is 3.83. The Bertz CT molecular complexity index is 673. The number of carbonyl (C=O) groups is 1. The van der Waals surface area contributed by atoms with Crippen LogP contribution in [0, 0.1) is 0 Å². The number of rotatable bonds is 4. The average Bonchev–Trinajstić information content (AvgIpc) is 2.97. The second kappa shape index (κ2) is 9.83. The summed E-state index contributed by atoms with van der Waals surface area (Å²) in [6.45, 7) is 6.03. The SMILES string of the molecule is CC(=O)N(c1cccc(C(C)C)c1)C1CSC(=NC2CCCCC2)N1C.Cl. The molecule has 1 aliphatic heterocycles. The maximum Gasteiger partial charge on any atom is 0.225 e. The number of amidine groups is 1. The van der Waals surface area contributed by atoms with Crippen LogP contribution in [-0.4, -0.2) is 41.0 Å². The molecule has 4 nitrogen and oxygen atoms in total. The molecule has 1 aliphatic carbocycles. The number of benzene rings is 1. The van der Waals surface area contributed by atoms with E-state index in [9.17, 15) is 4.79 Å². The molecule has 1 saturated heterocycles. The monoisotopic (exact) mass is 409 g/mol. The highest BCUT2D eigenvalue weighted by Gasteiger charge is 2.35. The van der Waals surface area contributed by atoms with E-state index < -0.39 is 0 Å². The molecule has 0 spiro atoms. The minimum absolute atomic E-state index is 0. The van der Waals surface area contributed by atoms with Crippen LogP contribution < -0.4 is 4.90 Å². The molecule has 1 heterocycles. The standard InChI is InChI=1S/C21H31N3OS.ClH/c1-15(2)17-9-8-12-19(13-17)24(16(3)25)20-14-26-21(23(20)4)22-18-10-6-5-7-11-18;/h8-9,12-13,15,18,20H,5-7,10-11,14H2,1-4H3;1H. The lowest BCUT2D eigenvalue weighted by Crippen LogP contribution is -2.48. The van der Waals surface area contributed by atoms with Gasteiger partial charge >= 0.3 is 0 Å². The Morgan fingerprint density at radius 2 is 1.96 bits per heavy atom. The van der Waals surface area contributed by atoms with E-state index in [2.05, 4.69) is 44.0 Å². The van der Waals surface area contributed by atoms with Crippen molar-refractivity contribution in [2.45, 2.75) is 71.0 Å². The molecule has 2 aliphatic rings. The van der Waals surface area contributed by atoms with Crippen LogP contribution in [-0.2, 0) is 4.79 Å². The largest absolute Gasteiger partial charge is 0.333 e. The number of halogens is 1. The molecular formula is C21H32ClN3OS. The van der Waals surface area contributed by atoms with Crippen LogP contribution in [0.2, 0.25) is 0 Å². The van der Waals surface area contributed by atoms with Crippen LogP contribution in [0.1, 0.15) is 64.4 Å². The van der Waals surface area contributed by atoms with Gasteiger partial charge in [-0.2, -0.15) is 0 Å². The van der Waals surface area contributed by atoms with Gasteiger partial charge in [-0.3, -0.25) is 14.7 Å². The summed E-state index contributed by atoms with van der Waals surface area (Å²) in [5, 5.41) is 1.09. The molecule has 27 heavy (non-hydrogen) atoms. The summed E-state index contributed by atoms with van der Waals surface area (Å²) in [6, 6.07) is 8.85.